The van der Waals surface area contributed by atoms with Gasteiger partial charge in [-0.25, -0.2) is 0 Å². The molecule has 0 spiro atoms. The van der Waals surface area contributed by atoms with Gasteiger partial charge < -0.3 is 10.2 Å². The third-order valence-corrected chi connectivity index (χ3v) is 6.74. The van der Waals surface area contributed by atoms with E-state index >= 15 is 0 Å². The van der Waals surface area contributed by atoms with Crippen molar-refractivity contribution >= 4 is 29.9 Å². The van der Waals surface area contributed by atoms with E-state index in [-0.39, 0.29) is 24.0 Å². The van der Waals surface area contributed by atoms with Gasteiger partial charge in [0.1, 0.15) is 0 Å². The number of guanidine groups is 1. The molecule has 4 rings (SSSR count). The molecule has 0 radical (unpaired) electrons. The zero-order chi connectivity index (χ0) is 20.8. The van der Waals surface area contributed by atoms with Crippen LogP contribution in [0.3, 0.4) is 0 Å². The highest BCUT2D eigenvalue weighted by Gasteiger charge is 2.36. The van der Waals surface area contributed by atoms with E-state index in [1.54, 1.807) is 0 Å². The normalized spacial score (nSPS) is 21.9. The first-order chi connectivity index (χ1) is 14.7. The largest absolute Gasteiger partial charge is 0.356 e. The highest BCUT2D eigenvalue weighted by molar-refractivity contribution is 14.0. The smallest absolute Gasteiger partial charge is 0.193 e. The molecule has 1 aromatic carbocycles. The van der Waals surface area contributed by atoms with E-state index in [0.29, 0.717) is 6.04 Å². The third-order valence-electron chi connectivity index (χ3n) is 6.74. The second-order valence-corrected chi connectivity index (χ2v) is 8.69. The molecular weight excluding hydrogens is 497 g/mol. The molecule has 2 unspecified atom stereocenters. The van der Waals surface area contributed by atoms with Gasteiger partial charge in [-0.05, 0) is 67.8 Å². The highest BCUT2D eigenvalue weighted by Crippen LogP contribution is 2.31. The van der Waals surface area contributed by atoms with Gasteiger partial charge in [-0.1, -0.05) is 30.3 Å². The van der Waals surface area contributed by atoms with Crippen LogP contribution < -0.4 is 5.32 Å². The lowest BCUT2D eigenvalue weighted by molar-refractivity contribution is 0.0373. The Kier molecular flexibility index (Phi) is 9.14. The number of nitrogens with one attached hydrogen (secondary N) is 1. The number of halogens is 1. The highest BCUT2D eigenvalue weighted by atomic mass is 127. The molecule has 2 saturated heterocycles. The van der Waals surface area contributed by atoms with E-state index in [9.17, 15) is 0 Å². The van der Waals surface area contributed by atoms with E-state index in [1.165, 1.54) is 42.5 Å². The Morgan fingerprint density at radius 2 is 2.00 bits per heavy atom. The van der Waals surface area contributed by atoms with Gasteiger partial charge >= 0.3 is 0 Å². The lowest BCUT2D eigenvalue weighted by Crippen LogP contribution is -2.56. The van der Waals surface area contributed by atoms with Crippen LogP contribution in [-0.2, 0) is 13.0 Å². The Morgan fingerprint density at radius 1 is 1.16 bits per heavy atom. The van der Waals surface area contributed by atoms with Crippen molar-refractivity contribution < 1.29 is 0 Å². The summed E-state index contributed by atoms with van der Waals surface area (Å²) in [6.45, 7) is 7.55. The number of aromatic nitrogens is 1. The molecule has 2 aliphatic rings. The maximum Gasteiger partial charge on any atom is 0.193 e. The van der Waals surface area contributed by atoms with E-state index in [1.807, 2.05) is 19.4 Å². The topological polar surface area (TPSA) is 43.8 Å². The number of pyridine rings is 1. The summed E-state index contributed by atoms with van der Waals surface area (Å²) in [5, 5.41) is 3.60. The second-order valence-electron chi connectivity index (χ2n) is 8.69. The Bertz CT molecular complexity index is 841. The fourth-order valence-corrected chi connectivity index (χ4v) is 5.14. The molecule has 1 aromatic heterocycles. The van der Waals surface area contributed by atoms with Crippen LogP contribution in [0.4, 0.5) is 0 Å². The molecule has 2 aliphatic heterocycles. The van der Waals surface area contributed by atoms with Crippen LogP contribution in [0.15, 0.2) is 53.8 Å². The molecule has 0 saturated carbocycles. The van der Waals surface area contributed by atoms with Gasteiger partial charge in [0.05, 0.1) is 0 Å². The van der Waals surface area contributed by atoms with Crippen LogP contribution >= 0.6 is 24.0 Å². The predicted octanol–water partition coefficient (Wildman–Crippen LogP) is 4.11. The van der Waals surface area contributed by atoms with Crippen molar-refractivity contribution in [1.82, 2.24) is 20.1 Å². The predicted molar refractivity (Wildman–Crippen MR) is 139 cm³/mol. The molecular formula is C25H36IN5. The van der Waals surface area contributed by atoms with Crippen molar-refractivity contribution in [3.8, 4) is 0 Å². The Labute approximate surface area is 204 Å². The Morgan fingerprint density at radius 3 is 2.77 bits per heavy atom. The first-order valence-electron chi connectivity index (χ1n) is 11.4. The number of nitrogens with zero attached hydrogens (tertiary/aromatic N) is 4. The van der Waals surface area contributed by atoms with Gasteiger partial charge in [0, 0.05) is 51.7 Å². The van der Waals surface area contributed by atoms with Crippen molar-refractivity contribution in [2.45, 2.75) is 45.2 Å². The molecule has 2 fully saturated rings. The van der Waals surface area contributed by atoms with Crippen LogP contribution in [0.1, 0.15) is 36.0 Å². The van der Waals surface area contributed by atoms with Gasteiger partial charge in [-0.3, -0.25) is 14.9 Å². The molecule has 31 heavy (non-hydrogen) atoms. The standard InChI is InChI=1S/C25H35N5.HI/c1-20-17-27-13-10-22(20)11-14-28-25(26-2)30-16-12-24-23(19-30)9-6-15-29(24)18-21-7-4-3-5-8-21;/h3-5,7-8,10,13,17,23-24H,6,9,11-12,14-16,18-19H2,1-2H3,(H,26,28);1H. The third kappa shape index (κ3) is 6.19. The van der Waals surface area contributed by atoms with Crippen molar-refractivity contribution in [2.24, 2.45) is 10.9 Å². The van der Waals surface area contributed by atoms with Gasteiger partial charge in [-0.2, -0.15) is 0 Å². The molecule has 2 aromatic rings. The van der Waals surface area contributed by atoms with Crippen LogP contribution in [0.2, 0.25) is 0 Å². The van der Waals surface area contributed by atoms with Gasteiger partial charge in [0.2, 0.25) is 0 Å². The average molecular weight is 534 g/mol. The summed E-state index contributed by atoms with van der Waals surface area (Å²) in [6, 6.07) is 13.8. The van der Waals surface area contributed by atoms with Crippen molar-refractivity contribution in [3.63, 3.8) is 0 Å². The number of fused-ring (bicyclic) bond motifs is 1. The Balaban J connectivity index is 0.00000272. The average Bonchev–Trinajstić information content (AvgIpc) is 2.78. The minimum atomic E-state index is 0. The van der Waals surface area contributed by atoms with Crippen molar-refractivity contribution in [1.29, 1.82) is 0 Å². The monoisotopic (exact) mass is 533 g/mol. The maximum atomic E-state index is 4.60. The molecule has 168 valence electrons. The number of hydrogen-bond acceptors (Lipinski definition) is 3. The summed E-state index contributed by atoms with van der Waals surface area (Å²) in [5.41, 5.74) is 4.05. The molecule has 6 heteroatoms. The molecule has 5 nitrogen and oxygen atoms in total. The van der Waals surface area contributed by atoms with E-state index < -0.39 is 0 Å². The fourth-order valence-electron chi connectivity index (χ4n) is 5.14. The van der Waals surface area contributed by atoms with Crippen molar-refractivity contribution in [2.75, 3.05) is 33.2 Å². The summed E-state index contributed by atoms with van der Waals surface area (Å²) in [5.74, 6) is 1.79. The molecule has 1 N–H and O–H groups in total. The first-order valence-corrected chi connectivity index (χ1v) is 11.4. The molecule has 0 amide bonds. The van der Waals surface area contributed by atoms with Crippen LogP contribution in [0.5, 0.6) is 0 Å². The summed E-state index contributed by atoms with van der Waals surface area (Å²) >= 11 is 0. The van der Waals surface area contributed by atoms with Gasteiger partial charge in [0.15, 0.2) is 5.96 Å². The van der Waals surface area contributed by atoms with Crippen molar-refractivity contribution in [3.05, 3.63) is 65.5 Å². The minimum Gasteiger partial charge on any atom is -0.356 e. The number of piperidine rings is 2. The molecule has 0 aliphatic carbocycles. The van der Waals surface area contributed by atoms with Gasteiger partial charge in [-0.15, -0.1) is 24.0 Å². The number of benzene rings is 1. The number of hydrogen-bond donors (Lipinski definition) is 1. The SMILES string of the molecule is CN=C(NCCc1ccncc1C)N1CCC2C(CCCN2Cc2ccccc2)C1.I. The summed E-state index contributed by atoms with van der Waals surface area (Å²) < 4.78 is 0. The fraction of sp³-hybridized carbons (Fsp3) is 0.520. The van der Waals surface area contributed by atoms with E-state index in [0.717, 1.165) is 44.5 Å². The molecule has 2 atom stereocenters. The number of aliphatic imine (C=N–C) groups is 1. The molecule has 3 heterocycles. The van der Waals surface area contributed by atoms with E-state index in [2.05, 4.69) is 68.4 Å². The zero-order valence-electron chi connectivity index (χ0n) is 18.8. The van der Waals surface area contributed by atoms with E-state index in [4.69, 9.17) is 0 Å². The summed E-state index contributed by atoms with van der Waals surface area (Å²) in [6.07, 6.45) is 8.68. The van der Waals surface area contributed by atoms with Crippen LogP contribution in [0, 0.1) is 12.8 Å². The lowest BCUT2D eigenvalue weighted by Gasteiger charge is -2.48. The second kappa shape index (κ2) is 11.8. The quantitative estimate of drug-likeness (QED) is 0.357. The number of rotatable bonds is 5. The lowest BCUT2D eigenvalue weighted by atomic mass is 9.83. The van der Waals surface area contributed by atoms with Crippen LogP contribution in [-0.4, -0.2) is 60.0 Å². The molecule has 0 bridgehead atoms. The summed E-state index contributed by atoms with van der Waals surface area (Å²) in [7, 11) is 1.91. The maximum absolute atomic E-state index is 4.60. The number of aryl methyl sites for hydroxylation is 1. The minimum absolute atomic E-state index is 0. The van der Waals surface area contributed by atoms with Gasteiger partial charge in [0.25, 0.3) is 0 Å². The first kappa shape index (κ1) is 24.0. The Hall–Kier alpha value is -1.67. The summed E-state index contributed by atoms with van der Waals surface area (Å²) in [4.78, 5) is 14.0. The zero-order valence-corrected chi connectivity index (χ0v) is 21.2. The number of likely N-dealkylation sites (tertiary alicyclic amines) is 2. The van der Waals surface area contributed by atoms with Crippen LogP contribution in [0.25, 0.3) is 0 Å².